The van der Waals surface area contributed by atoms with Gasteiger partial charge in [-0.3, -0.25) is 0 Å². The Morgan fingerprint density at radius 3 is 1.44 bits per heavy atom. The van der Waals surface area contributed by atoms with Gasteiger partial charge < -0.3 is 10.2 Å². The van der Waals surface area contributed by atoms with Gasteiger partial charge in [-0.05, 0) is 20.8 Å². The van der Waals surface area contributed by atoms with Gasteiger partial charge in [-0.25, -0.2) is 0 Å². The number of aliphatic hydroxyl groups excluding tert-OH is 1. The Morgan fingerprint density at radius 2 is 1.44 bits per heavy atom. The molecule has 0 aromatic carbocycles. The van der Waals surface area contributed by atoms with Gasteiger partial charge in [0.1, 0.15) is 4.93 Å². The highest BCUT2D eigenvalue weighted by molar-refractivity contribution is 7.81. The quantitative estimate of drug-likeness (QED) is 0.322. The molecular formula is C5H14O2S2. The van der Waals surface area contributed by atoms with E-state index in [9.17, 15) is 0 Å². The maximum atomic E-state index is 8.39. The second-order valence-corrected chi connectivity index (χ2v) is 3.97. The first-order chi connectivity index (χ1) is 3.73. The second kappa shape index (κ2) is 5.41. The lowest BCUT2D eigenvalue weighted by Crippen LogP contribution is -2.05. The molecule has 1 unspecified atom stereocenters. The molecule has 4 heteroatoms. The highest BCUT2D eigenvalue weighted by Gasteiger charge is 1.99. The highest BCUT2D eigenvalue weighted by atomic mass is 32.1. The summed E-state index contributed by atoms with van der Waals surface area (Å²) in [4.78, 5) is -0.806. The summed E-state index contributed by atoms with van der Waals surface area (Å²) >= 11 is 7.20. The molecule has 0 fully saturated rings. The van der Waals surface area contributed by atoms with E-state index in [0.29, 0.717) is 0 Å². The molecule has 0 aliphatic heterocycles. The first kappa shape index (κ1) is 12.3. The first-order valence-electron chi connectivity index (χ1n) is 2.54. The van der Waals surface area contributed by atoms with Crippen molar-refractivity contribution in [1.82, 2.24) is 0 Å². The van der Waals surface area contributed by atoms with E-state index in [0.717, 1.165) is 0 Å². The van der Waals surface area contributed by atoms with Gasteiger partial charge in [0, 0.05) is 0 Å². The van der Waals surface area contributed by atoms with Crippen molar-refractivity contribution in [3.05, 3.63) is 0 Å². The Bertz CT molecular complexity index is 49.7. The fourth-order valence-electron chi connectivity index (χ4n) is 0. The summed E-state index contributed by atoms with van der Waals surface area (Å²) in [5, 5.41) is 16.3. The van der Waals surface area contributed by atoms with Crippen molar-refractivity contribution in [3.8, 4) is 0 Å². The molecule has 0 aliphatic carbocycles. The lowest BCUT2D eigenvalue weighted by atomic mass is 10.5. The van der Waals surface area contributed by atoms with Crippen LogP contribution in [-0.2, 0) is 0 Å². The molecule has 0 rings (SSSR count). The SMILES string of the molecule is CC(C)(O)S.CC(O)S. The maximum Gasteiger partial charge on any atom is 0.102 e. The molecule has 0 radical (unpaired) electrons. The molecule has 0 spiro atoms. The zero-order valence-corrected chi connectivity index (χ0v) is 7.66. The van der Waals surface area contributed by atoms with Gasteiger partial charge in [-0.15, -0.1) is 25.3 Å². The Labute approximate surface area is 67.1 Å². The number of hydrogen-bond donors (Lipinski definition) is 4. The van der Waals surface area contributed by atoms with Crippen LogP contribution in [-0.4, -0.2) is 20.6 Å². The zero-order chi connectivity index (χ0) is 8.08. The van der Waals surface area contributed by atoms with Crippen LogP contribution in [0.3, 0.4) is 0 Å². The van der Waals surface area contributed by atoms with Crippen molar-refractivity contribution in [1.29, 1.82) is 0 Å². The average Bonchev–Trinajstić information content (AvgIpc) is 1.19. The van der Waals surface area contributed by atoms with Gasteiger partial charge in [0.25, 0.3) is 0 Å². The van der Waals surface area contributed by atoms with Crippen LogP contribution in [0.15, 0.2) is 0 Å². The third-order valence-electron chi connectivity index (χ3n) is 0. The molecule has 0 amide bonds. The third-order valence-corrected chi connectivity index (χ3v) is 0. The summed E-state index contributed by atoms with van der Waals surface area (Å²) in [6.45, 7) is 4.80. The lowest BCUT2D eigenvalue weighted by Gasteiger charge is -2.03. The van der Waals surface area contributed by atoms with Crippen molar-refractivity contribution in [2.24, 2.45) is 0 Å². The lowest BCUT2D eigenvalue weighted by molar-refractivity contribution is 0.181. The molecule has 0 aliphatic rings. The van der Waals surface area contributed by atoms with Gasteiger partial charge in [-0.2, -0.15) is 0 Å². The predicted octanol–water partition coefficient (Wildman–Crippen LogP) is 0.899. The molecule has 2 nitrogen and oxygen atoms in total. The molecule has 0 heterocycles. The van der Waals surface area contributed by atoms with Crippen LogP contribution in [0.2, 0.25) is 0 Å². The molecular weight excluding hydrogens is 156 g/mol. The molecule has 0 bridgehead atoms. The minimum Gasteiger partial charge on any atom is -0.383 e. The summed E-state index contributed by atoms with van der Waals surface area (Å²) in [6.07, 6.45) is 0. The zero-order valence-electron chi connectivity index (χ0n) is 5.87. The smallest absolute Gasteiger partial charge is 0.102 e. The summed E-state index contributed by atoms with van der Waals surface area (Å²) in [7, 11) is 0. The third kappa shape index (κ3) is 983. The molecule has 9 heavy (non-hydrogen) atoms. The van der Waals surface area contributed by atoms with Crippen LogP contribution in [0, 0.1) is 0 Å². The van der Waals surface area contributed by atoms with Gasteiger partial charge in [-0.1, -0.05) is 0 Å². The van der Waals surface area contributed by atoms with Crippen LogP contribution in [0.5, 0.6) is 0 Å². The van der Waals surface area contributed by atoms with Gasteiger partial charge in [0.2, 0.25) is 0 Å². The minimum atomic E-state index is -0.806. The van der Waals surface area contributed by atoms with Crippen molar-refractivity contribution < 1.29 is 10.2 Å². The average molecular weight is 170 g/mol. The molecule has 2 N–H and O–H groups in total. The number of thiol groups is 2. The number of rotatable bonds is 0. The summed E-state index contributed by atoms with van der Waals surface area (Å²) in [5.41, 5.74) is -0.472. The Kier molecular flexibility index (Phi) is 7.40. The number of aliphatic hydroxyl groups is 2. The van der Waals surface area contributed by atoms with E-state index in [4.69, 9.17) is 10.2 Å². The Morgan fingerprint density at radius 1 is 1.44 bits per heavy atom. The molecule has 0 aromatic heterocycles. The van der Waals surface area contributed by atoms with Gasteiger partial charge >= 0.3 is 0 Å². The predicted molar refractivity (Wildman–Crippen MR) is 46.0 cm³/mol. The van der Waals surface area contributed by atoms with E-state index < -0.39 is 10.4 Å². The molecule has 58 valence electrons. The second-order valence-electron chi connectivity index (χ2n) is 2.13. The Hall–Kier alpha value is 0.620. The van der Waals surface area contributed by atoms with Crippen LogP contribution in [0.4, 0.5) is 0 Å². The molecule has 0 saturated heterocycles. The van der Waals surface area contributed by atoms with E-state index in [-0.39, 0.29) is 0 Å². The van der Waals surface area contributed by atoms with Crippen molar-refractivity contribution in [2.45, 2.75) is 31.1 Å². The minimum absolute atomic E-state index is 0.472. The van der Waals surface area contributed by atoms with Crippen LogP contribution in [0.1, 0.15) is 20.8 Å². The van der Waals surface area contributed by atoms with Crippen LogP contribution < -0.4 is 0 Å². The summed E-state index contributed by atoms with van der Waals surface area (Å²) in [6, 6.07) is 0. The van der Waals surface area contributed by atoms with E-state index >= 15 is 0 Å². The van der Waals surface area contributed by atoms with E-state index in [1.165, 1.54) is 0 Å². The first-order valence-corrected chi connectivity index (χ1v) is 3.50. The van der Waals surface area contributed by atoms with Crippen LogP contribution in [0.25, 0.3) is 0 Å². The van der Waals surface area contributed by atoms with E-state index in [2.05, 4.69) is 25.3 Å². The fraction of sp³-hybridized carbons (Fsp3) is 1.00. The van der Waals surface area contributed by atoms with E-state index in [1.54, 1.807) is 20.8 Å². The van der Waals surface area contributed by atoms with Gasteiger partial charge in [0.15, 0.2) is 0 Å². The largest absolute Gasteiger partial charge is 0.383 e. The molecule has 0 aromatic rings. The number of hydrogen-bond acceptors (Lipinski definition) is 4. The standard InChI is InChI=1S/C3H8OS.C2H6OS/c1-3(2,4)5;1-2(3)4/h4-5H,1-2H3;2-4H,1H3. The van der Waals surface area contributed by atoms with Crippen molar-refractivity contribution in [2.75, 3.05) is 0 Å². The topological polar surface area (TPSA) is 40.5 Å². The normalized spacial score (nSPS) is 13.7. The molecule has 1 atom stereocenters. The molecule has 0 saturated carbocycles. The van der Waals surface area contributed by atoms with Crippen molar-refractivity contribution in [3.63, 3.8) is 0 Å². The fourth-order valence-corrected chi connectivity index (χ4v) is 0. The Balaban J connectivity index is 0. The monoisotopic (exact) mass is 170 g/mol. The van der Waals surface area contributed by atoms with Gasteiger partial charge in [0.05, 0.1) is 5.44 Å². The van der Waals surface area contributed by atoms with Crippen molar-refractivity contribution >= 4 is 25.3 Å². The van der Waals surface area contributed by atoms with E-state index in [1.807, 2.05) is 0 Å². The maximum absolute atomic E-state index is 8.39. The summed E-state index contributed by atoms with van der Waals surface area (Å²) in [5.74, 6) is 0. The summed E-state index contributed by atoms with van der Waals surface area (Å²) < 4.78 is 0. The highest BCUT2D eigenvalue weighted by Crippen LogP contribution is 2.02. The van der Waals surface area contributed by atoms with Crippen LogP contribution >= 0.6 is 25.3 Å².